The van der Waals surface area contributed by atoms with Gasteiger partial charge in [-0.15, -0.1) is 5.10 Å². The van der Waals surface area contributed by atoms with E-state index in [1.807, 2.05) is 6.07 Å². The van der Waals surface area contributed by atoms with E-state index in [4.69, 9.17) is 16.4 Å². The van der Waals surface area contributed by atoms with Gasteiger partial charge in [0.25, 0.3) is 5.16 Å². The Morgan fingerprint density at radius 1 is 1.28 bits per heavy atom. The van der Waals surface area contributed by atoms with Crippen molar-refractivity contribution < 1.29 is 18.4 Å². The molecule has 1 atom stereocenters. The fourth-order valence-electron chi connectivity index (χ4n) is 3.02. The number of anilines is 1. The van der Waals surface area contributed by atoms with Gasteiger partial charge in [0.1, 0.15) is 18.1 Å². The number of fused-ring (bicyclic) bond motifs is 1. The summed E-state index contributed by atoms with van der Waals surface area (Å²) >= 11 is 6.43. The number of halogens is 1. The minimum absolute atomic E-state index is 0.154. The van der Waals surface area contributed by atoms with Gasteiger partial charge in [-0.25, -0.2) is 13.4 Å². The van der Waals surface area contributed by atoms with Gasteiger partial charge in [0.2, 0.25) is 15.5 Å². The first kappa shape index (κ1) is 24.4. The first-order valence-corrected chi connectivity index (χ1v) is 15.2. The zero-order chi connectivity index (χ0) is 23.5. The Morgan fingerprint density at radius 3 is 2.62 bits per heavy atom. The Bertz CT molecular complexity index is 1200. The zero-order valence-electron chi connectivity index (χ0n) is 18.5. The van der Waals surface area contributed by atoms with Crippen molar-refractivity contribution >= 4 is 47.1 Å². The van der Waals surface area contributed by atoms with Gasteiger partial charge in [0, 0.05) is 27.2 Å². The highest BCUT2D eigenvalue weighted by Crippen LogP contribution is 2.35. The predicted molar refractivity (Wildman–Crippen MR) is 127 cm³/mol. The quantitative estimate of drug-likeness (QED) is 0.250. The van der Waals surface area contributed by atoms with Crippen molar-refractivity contribution in [1.82, 2.24) is 19.9 Å². The molecular weight excluding hydrogens is 470 g/mol. The molecule has 0 amide bonds. The van der Waals surface area contributed by atoms with Gasteiger partial charge < -0.3 is 15.3 Å². The maximum atomic E-state index is 12.3. The van der Waals surface area contributed by atoms with E-state index in [1.54, 1.807) is 25.1 Å². The lowest BCUT2D eigenvalue weighted by Crippen LogP contribution is -2.19. The fraction of sp³-hybridized carbons (Fsp3) is 0.450. The van der Waals surface area contributed by atoms with Gasteiger partial charge >= 0.3 is 0 Å². The summed E-state index contributed by atoms with van der Waals surface area (Å²) in [7, 11) is -4.10. The van der Waals surface area contributed by atoms with Gasteiger partial charge in [-0.2, -0.15) is 4.98 Å². The van der Waals surface area contributed by atoms with Crippen molar-refractivity contribution in [1.29, 1.82) is 0 Å². The van der Waals surface area contributed by atoms with Crippen LogP contribution in [0.5, 0.6) is 0 Å². The van der Waals surface area contributed by atoms with Gasteiger partial charge in [-0.3, -0.25) is 0 Å². The largest absolute Gasteiger partial charge is 0.395 e. The van der Waals surface area contributed by atoms with Crippen LogP contribution in [0.15, 0.2) is 29.4 Å². The van der Waals surface area contributed by atoms with Crippen LogP contribution in [0.4, 0.5) is 5.82 Å². The van der Waals surface area contributed by atoms with E-state index >= 15 is 0 Å². The summed E-state index contributed by atoms with van der Waals surface area (Å²) < 4.78 is 24.5. The van der Waals surface area contributed by atoms with Crippen LogP contribution < -0.4 is 10.2 Å². The van der Waals surface area contributed by atoms with Crippen molar-refractivity contribution in [3.63, 3.8) is 0 Å². The molecule has 0 aliphatic carbocycles. The van der Waals surface area contributed by atoms with Crippen LogP contribution in [0.25, 0.3) is 22.3 Å². The Labute approximate surface area is 194 Å². The van der Waals surface area contributed by atoms with Crippen molar-refractivity contribution in [2.24, 2.45) is 0 Å². The third-order valence-electron chi connectivity index (χ3n) is 4.54. The molecule has 0 bridgehead atoms. The van der Waals surface area contributed by atoms with E-state index in [9.17, 15) is 13.5 Å². The lowest BCUT2D eigenvalue weighted by molar-refractivity contribution is 0.0913. The summed E-state index contributed by atoms with van der Waals surface area (Å²) in [4.78, 5) is 15.6. The van der Waals surface area contributed by atoms with Gasteiger partial charge in [0.05, 0.1) is 16.5 Å². The molecule has 0 saturated carbocycles. The second kappa shape index (κ2) is 10.2. The molecule has 12 heteroatoms. The van der Waals surface area contributed by atoms with Crippen molar-refractivity contribution in [2.45, 2.75) is 43.7 Å². The minimum atomic E-state index is -3.72. The molecule has 0 saturated heterocycles. The molecule has 0 fully saturated rings. The van der Waals surface area contributed by atoms with E-state index in [0.29, 0.717) is 28.3 Å². The van der Waals surface area contributed by atoms with Crippen LogP contribution in [0.3, 0.4) is 0 Å². The fourth-order valence-corrected chi connectivity index (χ4v) is 4.61. The molecule has 0 aliphatic heterocycles. The molecule has 3 rings (SSSR count). The average molecular weight is 497 g/mol. The first-order valence-electron chi connectivity index (χ1n) is 10.2. The van der Waals surface area contributed by atoms with Crippen LogP contribution >= 0.6 is 11.6 Å². The van der Waals surface area contributed by atoms with Crippen LogP contribution in [0.1, 0.15) is 13.3 Å². The molecule has 9 nitrogen and oxygen atoms in total. The molecule has 2 heterocycles. The monoisotopic (exact) mass is 496 g/mol. The number of benzene rings is 1. The number of sulfone groups is 1. The maximum absolute atomic E-state index is 12.3. The van der Waals surface area contributed by atoms with Crippen molar-refractivity contribution in [3.8, 4) is 11.3 Å². The lowest BCUT2D eigenvalue weighted by atomic mass is 10.1. The molecule has 1 aromatic carbocycles. The average Bonchev–Trinajstić information content (AvgIpc) is 3.07. The Kier molecular flexibility index (Phi) is 7.75. The van der Waals surface area contributed by atoms with E-state index in [0.717, 1.165) is 18.7 Å². The molecule has 2 aromatic heterocycles. The third kappa shape index (κ3) is 5.77. The molecule has 3 aromatic rings. The second-order valence-electron chi connectivity index (χ2n) is 7.90. The summed E-state index contributed by atoms with van der Waals surface area (Å²) in [5, 5.41) is 17.9. The van der Waals surface area contributed by atoms with Gasteiger partial charge in [0.15, 0.2) is 0 Å². The predicted octanol–water partition coefficient (Wildman–Crippen LogP) is 2.92. The summed E-state index contributed by atoms with van der Waals surface area (Å²) in [5.74, 6) is 0.230. The normalized spacial score (nSPS) is 13.0. The Morgan fingerprint density at radius 2 is 2.00 bits per heavy atom. The van der Waals surface area contributed by atoms with Crippen molar-refractivity contribution in [3.05, 3.63) is 29.3 Å². The standard InChI is InChI=1S/C20H27ClN5O4SSi/c1-13(27)12-22-18-16-17(14-8-5-6-9-15(14)21)25-26(30-10-7-11-32(3)4)19(16)24-20(23-18)31(2,28)29/h5-6,8-9,13,27H,7,10-12H2,1-4H3,(H,22,23,24)/t13-/m0/s1. The lowest BCUT2D eigenvalue weighted by Gasteiger charge is -2.11. The van der Waals surface area contributed by atoms with Crippen LogP contribution in [0.2, 0.25) is 24.2 Å². The highest BCUT2D eigenvalue weighted by Gasteiger charge is 2.25. The van der Waals surface area contributed by atoms with E-state index in [1.165, 1.54) is 4.85 Å². The molecule has 0 aliphatic rings. The van der Waals surface area contributed by atoms with Crippen LogP contribution in [-0.2, 0) is 9.84 Å². The zero-order valence-corrected chi connectivity index (χ0v) is 21.0. The SMILES string of the molecule is C[C@H](O)CNc1nc(S(C)(=O)=O)nc2c1c(-c1ccccc1Cl)nn2OCCC[Si](C)C. The number of hydrogen-bond donors (Lipinski definition) is 2. The molecule has 32 heavy (non-hydrogen) atoms. The number of hydrogen-bond acceptors (Lipinski definition) is 8. The Balaban J connectivity index is 2.21. The van der Waals surface area contributed by atoms with Gasteiger partial charge in [-0.1, -0.05) is 53.8 Å². The molecule has 173 valence electrons. The van der Waals surface area contributed by atoms with Crippen LogP contribution in [0, 0.1) is 0 Å². The molecule has 1 radical (unpaired) electrons. The summed E-state index contributed by atoms with van der Waals surface area (Å²) in [6, 6.07) is 8.25. The first-order chi connectivity index (χ1) is 15.1. The van der Waals surface area contributed by atoms with Crippen molar-refractivity contribution in [2.75, 3.05) is 24.7 Å². The molecular formula is C20H27ClN5O4SSi. The number of aromatic nitrogens is 4. The summed E-state index contributed by atoms with van der Waals surface area (Å²) in [6.45, 7) is 6.64. The van der Waals surface area contributed by atoms with Crippen LogP contribution in [-0.4, -0.2) is 67.7 Å². The summed E-state index contributed by atoms with van der Waals surface area (Å²) in [6.07, 6.45) is 1.20. The number of rotatable bonds is 10. The highest BCUT2D eigenvalue weighted by molar-refractivity contribution is 7.90. The number of aliphatic hydroxyl groups is 1. The Hall–Kier alpha value is -2.21. The topological polar surface area (TPSA) is 119 Å². The number of nitrogens with zero attached hydrogens (tertiary/aromatic N) is 4. The highest BCUT2D eigenvalue weighted by atomic mass is 35.5. The van der Waals surface area contributed by atoms with E-state index < -0.39 is 15.9 Å². The number of nitrogens with one attached hydrogen (secondary N) is 1. The third-order valence-corrected chi connectivity index (χ3v) is 7.07. The maximum Gasteiger partial charge on any atom is 0.250 e. The molecule has 0 unspecified atom stereocenters. The number of aliphatic hydroxyl groups excluding tert-OH is 1. The second-order valence-corrected chi connectivity index (χ2v) is 13.1. The van der Waals surface area contributed by atoms with E-state index in [2.05, 4.69) is 33.5 Å². The van der Waals surface area contributed by atoms with Gasteiger partial charge in [-0.05, 0) is 19.4 Å². The molecule has 2 N–H and O–H groups in total. The smallest absolute Gasteiger partial charge is 0.250 e. The van der Waals surface area contributed by atoms with E-state index in [-0.39, 0.29) is 32.0 Å². The summed E-state index contributed by atoms with van der Waals surface area (Å²) in [5.41, 5.74) is 1.29. The molecule has 0 spiro atoms. The minimum Gasteiger partial charge on any atom is -0.395 e.